The van der Waals surface area contributed by atoms with Crippen LogP contribution in [0.2, 0.25) is 13.1 Å². The molecule has 2 saturated heterocycles. The molecular formula is C20H32N4O4SSi. The molecule has 0 spiro atoms. The number of aryl methyl sites for hydroxylation is 1. The maximum atomic E-state index is 13.2. The highest BCUT2D eigenvalue weighted by Gasteiger charge is 2.63. The predicted molar refractivity (Wildman–Crippen MR) is 119 cm³/mol. The number of carboxylic acid groups (broad SMARTS) is 1. The van der Waals surface area contributed by atoms with Crippen molar-refractivity contribution in [3.63, 3.8) is 0 Å². The van der Waals surface area contributed by atoms with Crippen LogP contribution in [0.3, 0.4) is 0 Å². The minimum atomic E-state index is -1.22. The van der Waals surface area contributed by atoms with E-state index >= 15 is 0 Å². The standard InChI is InChI=1S/C20H32N4O4SSi/c1-11(8-12-9-23(5)22-21-12)16-15(19(26)27)24-17(25)14(18(24)29-16)13(20(2,3)4)10-28-30(6)7/h8-9,13-16,18,30H,10H2,1-7H3,(H,26,27)/t13-,14+,15?,16?,18-/m1/s1. The zero-order valence-corrected chi connectivity index (χ0v) is 20.7. The fourth-order valence-electron chi connectivity index (χ4n) is 4.24. The van der Waals surface area contributed by atoms with Crippen LogP contribution in [0.5, 0.6) is 0 Å². The van der Waals surface area contributed by atoms with Gasteiger partial charge in [0.05, 0.1) is 22.7 Å². The summed E-state index contributed by atoms with van der Waals surface area (Å²) in [7, 11) is 0.564. The Bertz CT molecular complexity index is 850. The molecule has 8 nitrogen and oxygen atoms in total. The summed E-state index contributed by atoms with van der Waals surface area (Å²) in [6.45, 7) is 13.1. The fourth-order valence-corrected chi connectivity index (χ4v) is 6.65. The van der Waals surface area contributed by atoms with Crippen molar-refractivity contribution in [3.05, 3.63) is 17.5 Å². The first-order chi connectivity index (χ1) is 13.9. The number of rotatable bonds is 7. The van der Waals surface area contributed by atoms with Crippen LogP contribution >= 0.6 is 11.8 Å². The summed E-state index contributed by atoms with van der Waals surface area (Å²) in [6.07, 6.45) is 3.64. The van der Waals surface area contributed by atoms with Gasteiger partial charge in [-0.3, -0.25) is 9.48 Å². The van der Waals surface area contributed by atoms with E-state index < -0.39 is 21.1 Å². The number of hydrogen-bond acceptors (Lipinski definition) is 6. The summed E-state index contributed by atoms with van der Waals surface area (Å²) in [5, 5.41) is 17.5. The summed E-state index contributed by atoms with van der Waals surface area (Å²) >= 11 is 1.58. The van der Waals surface area contributed by atoms with Crippen molar-refractivity contribution in [2.75, 3.05) is 6.61 Å². The van der Waals surface area contributed by atoms with Gasteiger partial charge in [-0.05, 0) is 31.5 Å². The monoisotopic (exact) mass is 452 g/mol. The molecule has 2 aliphatic rings. The van der Waals surface area contributed by atoms with Crippen molar-refractivity contribution < 1.29 is 19.1 Å². The highest BCUT2D eigenvalue weighted by molar-refractivity contribution is 8.01. The Morgan fingerprint density at radius 1 is 1.43 bits per heavy atom. The second kappa shape index (κ2) is 8.47. The molecule has 10 heteroatoms. The zero-order chi connectivity index (χ0) is 22.4. The van der Waals surface area contributed by atoms with Gasteiger partial charge in [0.1, 0.15) is 11.7 Å². The number of aromatic nitrogens is 3. The van der Waals surface area contributed by atoms with Gasteiger partial charge in [-0.2, -0.15) is 0 Å². The maximum Gasteiger partial charge on any atom is 0.327 e. The third-order valence-electron chi connectivity index (χ3n) is 5.85. The van der Waals surface area contributed by atoms with Gasteiger partial charge in [-0.25, -0.2) is 4.79 Å². The van der Waals surface area contributed by atoms with Crippen LogP contribution in [0.4, 0.5) is 0 Å². The molecule has 0 aliphatic carbocycles. The van der Waals surface area contributed by atoms with Gasteiger partial charge < -0.3 is 14.4 Å². The minimum absolute atomic E-state index is 0.0473. The van der Waals surface area contributed by atoms with Crippen molar-refractivity contribution in [3.8, 4) is 0 Å². The number of fused-ring (bicyclic) bond motifs is 1. The summed E-state index contributed by atoms with van der Waals surface area (Å²) in [6, 6.07) is -0.863. The zero-order valence-electron chi connectivity index (χ0n) is 18.7. The smallest absolute Gasteiger partial charge is 0.327 e. The second-order valence-electron chi connectivity index (χ2n) is 9.56. The summed E-state index contributed by atoms with van der Waals surface area (Å²) in [5.41, 5.74) is 1.45. The lowest BCUT2D eigenvalue weighted by atomic mass is 9.69. The lowest BCUT2D eigenvalue weighted by Crippen LogP contribution is -2.65. The molecule has 0 bridgehead atoms. The van der Waals surface area contributed by atoms with Crippen molar-refractivity contribution in [1.82, 2.24) is 19.9 Å². The van der Waals surface area contributed by atoms with Gasteiger partial charge in [0.2, 0.25) is 5.91 Å². The molecule has 2 unspecified atom stereocenters. The van der Waals surface area contributed by atoms with E-state index in [0.717, 1.165) is 5.57 Å². The SMILES string of the molecule is CC(=Cc1cn(C)nn1)C1S[C@@H]2[C@@H]([C@@H](CO[SiH](C)C)C(C)(C)C)C(=O)N2C1C(=O)O. The largest absolute Gasteiger partial charge is 0.480 e. The first-order valence-corrected chi connectivity index (χ1v) is 14.0. The molecule has 1 aromatic heterocycles. The lowest BCUT2D eigenvalue weighted by molar-refractivity contribution is -0.168. The van der Waals surface area contributed by atoms with E-state index in [1.165, 1.54) is 0 Å². The molecule has 5 atom stereocenters. The summed E-state index contributed by atoms with van der Waals surface area (Å²) < 4.78 is 7.63. The first-order valence-electron chi connectivity index (χ1n) is 10.3. The molecule has 1 N–H and O–H groups in total. The number of β-lactam (4-membered cyclic amide) rings is 1. The van der Waals surface area contributed by atoms with Crippen LogP contribution in [0.1, 0.15) is 33.4 Å². The number of carboxylic acids is 1. The summed E-state index contributed by atoms with van der Waals surface area (Å²) in [4.78, 5) is 26.9. The van der Waals surface area contributed by atoms with Crippen molar-refractivity contribution in [2.24, 2.45) is 24.3 Å². The molecule has 3 heterocycles. The lowest BCUT2D eigenvalue weighted by Gasteiger charge is -2.50. The average molecular weight is 453 g/mol. The van der Waals surface area contributed by atoms with Crippen LogP contribution in [0.25, 0.3) is 6.08 Å². The van der Waals surface area contributed by atoms with Gasteiger partial charge in [-0.1, -0.05) is 31.6 Å². The first kappa shape index (κ1) is 23.0. The van der Waals surface area contributed by atoms with Gasteiger partial charge in [0.15, 0.2) is 9.04 Å². The Kier molecular flexibility index (Phi) is 6.50. The van der Waals surface area contributed by atoms with Crippen LogP contribution in [-0.2, 0) is 21.1 Å². The number of carbonyl (C=O) groups excluding carboxylic acids is 1. The second-order valence-corrected chi connectivity index (χ2v) is 13.3. The molecular weight excluding hydrogens is 420 g/mol. The number of carbonyl (C=O) groups is 2. The Hall–Kier alpha value is -1.65. The highest BCUT2D eigenvalue weighted by atomic mass is 32.2. The van der Waals surface area contributed by atoms with E-state index in [4.69, 9.17) is 4.43 Å². The van der Waals surface area contributed by atoms with E-state index in [1.54, 1.807) is 34.6 Å². The average Bonchev–Trinajstić information content (AvgIpc) is 3.18. The topological polar surface area (TPSA) is 97.5 Å². The van der Waals surface area contributed by atoms with Crippen molar-refractivity contribution in [2.45, 2.75) is 57.5 Å². The van der Waals surface area contributed by atoms with Gasteiger partial charge >= 0.3 is 5.97 Å². The number of hydrogen-bond donors (Lipinski definition) is 1. The highest BCUT2D eigenvalue weighted by Crippen LogP contribution is 2.54. The summed E-state index contributed by atoms with van der Waals surface area (Å²) in [5.74, 6) is -1.21. The van der Waals surface area contributed by atoms with E-state index in [1.807, 2.05) is 13.0 Å². The van der Waals surface area contributed by atoms with Gasteiger partial charge in [-0.15, -0.1) is 16.9 Å². The molecule has 0 radical (unpaired) electrons. The third kappa shape index (κ3) is 4.35. The number of amides is 1. The Labute approximate surface area is 183 Å². The normalized spacial score (nSPS) is 27.9. The molecule has 0 saturated carbocycles. The van der Waals surface area contributed by atoms with Crippen molar-refractivity contribution >= 4 is 38.8 Å². The molecule has 0 aromatic carbocycles. The fraction of sp³-hybridized carbons (Fsp3) is 0.700. The molecule has 166 valence electrons. The number of nitrogens with zero attached hydrogens (tertiary/aromatic N) is 4. The molecule has 30 heavy (non-hydrogen) atoms. The third-order valence-corrected chi connectivity index (χ3v) is 8.43. The van der Waals surface area contributed by atoms with Crippen LogP contribution < -0.4 is 0 Å². The van der Waals surface area contributed by atoms with E-state index in [2.05, 4.69) is 44.2 Å². The van der Waals surface area contributed by atoms with E-state index in [-0.39, 0.29) is 33.8 Å². The predicted octanol–water partition coefficient (Wildman–Crippen LogP) is 2.23. The quantitative estimate of drug-likeness (QED) is 0.500. The van der Waals surface area contributed by atoms with Crippen LogP contribution in [0.15, 0.2) is 11.8 Å². The Balaban J connectivity index is 1.87. The maximum absolute atomic E-state index is 13.2. The van der Waals surface area contributed by atoms with Crippen LogP contribution in [0, 0.1) is 17.3 Å². The molecule has 1 aromatic rings. The van der Waals surface area contributed by atoms with Crippen molar-refractivity contribution in [1.29, 1.82) is 0 Å². The van der Waals surface area contributed by atoms with Gasteiger partial charge in [0.25, 0.3) is 0 Å². The van der Waals surface area contributed by atoms with E-state index in [9.17, 15) is 14.7 Å². The Morgan fingerprint density at radius 3 is 2.60 bits per heavy atom. The molecule has 2 fully saturated rings. The molecule has 2 aliphatic heterocycles. The minimum Gasteiger partial charge on any atom is -0.480 e. The van der Waals surface area contributed by atoms with E-state index in [0.29, 0.717) is 12.3 Å². The molecule has 1 amide bonds. The van der Waals surface area contributed by atoms with Gasteiger partial charge in [0, 0.05) is 19.6 Å². The molecule has 3 rings (SSSR count). The van der Waals surface area contributed by atoms with Crippen LogP contribution in [-0.4, -0.2) is 69.2 Å². The number of thioether (sulfide) groups is 1. The number of aliphatic carboxylic acids is 1. The Morgan fingerprint density at radius 2 is 2.10 bits per heavy atom.